The van der Waals surface area contributed by atoms with Crippen LogP contribution in [0.4, 0.5) is 0 Å². The maximum Gasteiger partial charge on any atom is 0.0844 e. The van der Waals surface area contributed by atoms with Gasteiger partial charge in [-0.25, -0.2) is 0 Å². The Balaban J connectivity index is 2.73. The van der Waals surface area contributed by atoms with Crippen LogP contribution in [0.15, 0.2) is 17.4 Å². The van der Waals surface area contributed by atoms with Crippen molar-refractivity contribution in [2.45, 2.75) is 51.2 Å². The molecular weight excluding hydrogens is 164 g/mol. The molecule has 0 bridgehead atoms. The normalized spacial score (nSPS) is 24.0. The Morgan fingerprint density at radius 3 is 2.69 bits per heavy atom. The van der Waals surface area contributed by atoms with Gasteiger partial charge >= 0.3 is 0 Å². The first kappa shape index (κ1) is 10.5. The molecule has 0 heterocycles. The van der Waals surface area contributed by atoms with E-state index in [1.807, 2.05) is 0 Å². The summed E-state index contributed by atoms with van der Waals surface area (Å²) in [4.78, 5) is 0. The minimum atomic E-state index is -0.829. The topological polar surface area (TPSA) is 40.5 Å². The quantitative estimate of drug-likeness (QED) is 0.607. The minimum Gasteiger partial charge on any atom is -0.388 e. The van der Waals surface area contributed by atoms with Crippen LogP contribution in [0.5, 0.6) is 0 Å². The number of aliphatic hydroxyl groups is 2. The number of aliphatic hydroxyl groups excluding tert-OH is 1. The van der Waals surface area contributed by atoms with Gasteiger partial charge in [0.25, 0.3) is 0 Å². The second-order valence-electron chi connectivity index (χ2n) is 4.23. The van der Waals surface area contributed by atoms with Crippen LogP contribution in [-0.2, 0) is 0 Å². The molecule has 0 aromatic rings. The van der Waals surface area contributed by atoms with Crippen molar-refractivity contribution < 1.29 is 10.2 Å². The lowest BCUT2D eigenvalue weighted by molar-refractivity contribution is 0.133. The molecular formula is C11H18O2. The molecule has 0 aromatic carbocycles. The van der Waals surface area contributed by atoms with Crippen LogP contribution in [-0.4, -0.2) is 21.9 Å². The van der Waals surface area contributed by atoms with E-state index in [4.69, 9.17) is 0 Å². The molecule has 2 heteroatoms. The molecule has 74 valence electrons. The molecule has 0 unspecified atom stereocenters. The van der Waals surface area contributed by atoms with Crippen LogP contribution >= 0.6 is 0 Å². The molecule has 1 aliphatic rings. The molecule has 13 heavy (non-hydrogen) atoms. The van der Waals surface area contributed by atoms with Crippen molar-refractivity contribution in [3.63, 3.8) is 0 Å². The Labute approximate surface area is 79.6 Å². The van der Waals surface area contributed by atoms with Gasteiger partial charge in [0.2, 0.25) is 0 Å². The Kier molecular flexibility index (Phi) is 3.32. The molecule has 1 rings (SSSR count). The SMILES string of the molecule is CC(C)(O)C=C=C1CCCC[C@H]1O. The van der Waals surface area contributed by atoms with Crippen LogP contribution in [0.1, 0.15) is 39.5 Å². The molecule has 1 aliphatic carbocycles. The van der Waals surface area contributed by atoms with Gasteiger partial charge in [0.05, 0.1) is 11.7 Å². The van der Waals surface area contributed by atoms with E-state index in [1.165, 1.54) is 0 Å². The average molecular weight is 182 g/mol. The van der Waals surface area contributed by atoms with Crippen molar-refractivity contribution >= 4 is 0 Å². The molecule has 2 N–H and O–H groups in total. The summed E-state index contributed by atoms with van der Waals surface area (Å²) in [6.07, 6.45) is 5.24. The van der Waals surface area contributed by atoms with E-state index in [0.29, 0.717) is 0 Å². The fraction of sp³-hybridized carbons (Fsp3) is 0.727. The highest BCUT2D eigenvalue weighted by molar-refractivity contribution is 5.12. The summed E-state index contributed by atoms with van der Waals surface area (Å²) in [5.74, 6) is 0. The predicted octanol–water partition coefficient (Wildman–Crippen LogP) is 1.77. The Hall–Kier alpha value is -0.560. The van der Waals surface area contributed by atoms with Crippen LogP contribution in [0.3, 0.4) is 0 Å². The number of rotatable bonds is 1. The van der Waals surface area contributed by atoms with Gasteiger partial charge in [0.15, 0.2) is 0 Å². The van der Waals surface area contributed by atoms with E-state index in [9.17, 15) is 10.2 Å². The fourth-order valence-electron chi connectivity index (χ4n) is 1.43. The Morgan fingerprint density at radius 1 is 1.46 bits per heavy atom. The average Bonchev–Trinajstić information content (AvgIpc) is 2.01. The molecule has 0 saturated heterocycles. The summed E-state index contributed by atoms with van der Waals surface area (Å²) in [5.41, 5.74) is 3.11. The van der Waals surface area contributed by atoms with Crippen molar-refractivity contribution in [1.82, 2.24) is 0 Å². The Bertz CT molecular complexity index is 229. The standard InChI is InChI=1S/C11H18O2/c1-11(2,13)8-7-9-5-3-4-6-10(9)12/h8,10,12-13H,3-6H2,1-2H3/t7?,10-/m1/s1. The summed E-state index contributed by atoms with van der Waals surface area (Å²) in [5, 5.41) is 19.0. The summed E-state index contributed by atoms with van der Waals surface area (Å²) >= 11 is 0. The monoisotopic (exact) mass is 182 g/mol. The van der Waals surface area contributed by atoms with Gasteiger partial charge in [-0.3, -0.25) is 0 Å². The van der Waals surface area contributed by atoms with Crippen molar-refractivity contribution in [1.29, 1.82) is 0 Å². The van der Waals surface area contributed by atoms with Crippen molar-refractivity contribution in [3.8, 4) is 0 Å². The van der Waals surface area contributed by atoms with Crippen molar-refractivity contribution in [2.75, 3.05) is 0 Å². The van der Waals surface area contributed by atoms with E-state index >= 15 is 0 Å². The van der Waals surface area contributed by atoms with Gasteiger partial charge in [0, 0.05) is 0 Å². The van der Waals surface area contributed by atoms with Gasteiger partial charge in [-0.05, 0) is 44.8 Å². The lowest BCUT2D eigenvalue weighted by Gasteiger charge is -2.18. The fourth-order valence-corrected chi connectivity index (χ4v) is 1.43. The highest BCUT2D eigenvalue weighted by atomic mass is 16.3. The lowest BCUT2D eigenvalue weighted by atomic mass is 9.92. The van der Waals surface area contributed by atoms with Crippen molar-refractivity contribution in [2.24, 2.45) is 0 Å². The molecule has 2 nitrogen and oxygen atoms in total. The van der Waals surface area contributed by atoms with Gasteiger partial charge in [-0.15, -0.1) is 5.73 Å². The maximum atomic E-state index is 9.56. The summed E-state index contributed by atoms with van der Waals surface area (Å²) in [7, 11) is 0. The van der Waals surface area contributed by atoms with Crippen LogP contribution in [0.25, 0.3) is 0 Å². The van der Waals surface area contributed by atoms with E-state index in [2.05, 4.69) is 5.73 Å². The molecule has 1 atom stereocenters. The number of hydrogen-bond donors (Lipinski definition) is 2. The zero-order valence-electron chi connectivity index (χ0n) is 8.38. The molecule has 1 saturated carbocycles. The first-order valence-corrected chi connectivity index (χ1v) is 4.86. The predicted molar refractivity (Wildman–Crippen MR) is 52.4 cm³/mol. The smallest absolute Gasteiger partial charge is 0.0844 e. The summed E-state index contributed by atoms with van der Waals surface area (Å²) in [6.45, 7) is 3.41. The van der Waals surface area contributed by atoms with E-state index in [-0.39, 0.29) is 6.10 Å². The van der Waals surface area contributed by atoms with E-state index in [0.717, 1.165) is 31.3 Å². The second-order valence-corrected chi connectivity index (χ2v) is 4.23. The first-order valence-electron chi connectivity index (χ1n) is 4.86. The molecule has 1 fully saturated rings. The van der Waals surface area contributed by atoms with Gasteiger partial charge in [-0.1, -0.05) is 6.42 Å². The second kappa shape index (κ2) is 4.10. The third kappa shape index (κ3) is 3.77. The zero-order chi connectivity index (χ0) is 9.90. The third-order valence-corrected chi connectivity index (χ3v) is 2.19. The lowest BCUT2D eigenvalue weighted by Crippen LogP contribution is -2.16. The van der Waals surface area contributed by atoms with Crippen LogP contribution in [0.2, 0.25) is 0 Å². The van der Waals surface area contributed by atoms with Gasteiger partial charge < -0.3 is 10.2 Å². The van der Waals surface area contributed by atoms with Gasteiger partial charge in [0.1, 0.15) is 0 Å². The zero-order valence-corrected chi connectivity index (χ0v) is 8.38. The molecule has 0 radical (unpaired) electrons. The van der Waals surface area contributed by atoms with Crippen LogP contribution in [0, 0.1) is 0 Å². The largest absolute Gasteiger partial charge is 0.388 e. The molecule has 0 spiro atoms. The van der Waals surface area contributed by atoms with E-state index < -0.39 is 5.60 Å². The highest BCUT2D eigenvalue weighted by Crippen LogP contribution is 2.22. The first-order chi connectivity index (χ1) is 5.99. The molecule has 0 aromatic heterocycles. The van der Waals surface area contributed by atoms with Gasteiger partial charge in [-0.2, -0.15) is 0 Å². The summed E-state index contributed by atoms with van der Waals surface area (Å²) < 4.78 is 0. The minimum absolute atomic E-state index is 0.340. The highest BCUT2D eigenvalue weighted by Gasteiger charge is 2.15. The molecule has 0 amide bonds. The number of hydrogen-bond acceptors (Lipinski definition) is 2. The van der Waals surface area contributed by atoms with E-state index in [1.54, 1.807) is 19.9 Å². The van der Waals surface area contributed by atoms with Crippen molar-refractivity contribution in [3.05, 3.63) is 17.4 Å². The van der Waals surface area contributed by atoms with Crippen LogP contribution < -0.4 is 0 Å². The maximum absolute atomic E-state index is 9.56. The summed E-state index contributed by atoms with van der Waals surface area (Å²) in [6, 6.07) is 0. The Morgan fingerprint density at radius 2 is 2.15 bits per heavy atom. The molecule has 0 aliphatic heterocycles. The third-order valence-electron chi connectivity index (χ3n) is 2.19.